The minimum Gasteiger partial charge on any atom is -0.446 e. The lowest BCUT2D eigenvalue weighted by molar-refractivity contribution is -0.217. The molecule has 164 valence electrons. The highest BCUT2D eigenvalue weighted by atomic mass is 19.4. The van der Waals surface area contributed by atoms with Gasteiger partial charge in [0, 0.05) is 24.6 Å². The summed E-state index contributed by atoms with van der Waals surface area (Å²) >= 11 is 0. The molecule has 0 aliphatic rings. The molecule has 0 fully saturated rings. The van der Waals surface area contributed by atoms with Crippen LogP contribution in [0.15, 0.2) is 36.7 Å². The standard InChI is InChI=1S/C22H27F3N2O3/c1-3-5-6-7-8-16-9-11-17(12-10-16)20-26-13-18(14-27-20)21(28)30-19(15-29-4-2)22(23,24)25/h9-14,19H,3-8,15H2,1-2H3. The van der Waals surface area contributed by atoms with E-state index in [1.165, 1.54) is 24.8 Å². The summed E-state index contributed by atoms with van der Waals surface area (Å²) in [6.07, 6.45) is 1.06. The van der Waals surface area contributed by atoms with E-state index in [4.69, 9.17) is 4.74 Å². The van der Waals surface area contributed by atoms with Gasteiger partial charge in [0.1, 0.15) is 0 Å². The molecule has 0 saturated carbocycles. The van der Waals surface area contributed by atoms with Gasteiger partial charge in [0.05, 0.1) is 12.2 Å². The molecule has 1 aromatic carbocycles. The minimum absolute atomic E-state index is 0.0828. The zero-order chi connectivity index (χ0) is 22.0. The molecule has 1 heterocycles. The average Bonchev–Trinajstić information content (AvgIpc) is 2.74. The summed E-state index contributed by atoms with van der Waals surface area (Å²) in [5.41, 5.74) is 1.83. The van der Waals surface area contributed by atoms with E-state index in [-0.39, 0.29) is 12.2 Å². The predicted octanol–water partition coefficient (Wildman–Crippen LogP) is 5.39. The number of esters is 1. The smallest absolute Gasteiger partial charge is 0.427 e. The van der Waals surface area contributed by atoms with Crippen LogP contribution in [0.4, 0.5) is 13.2 Å². The quantitative estimate of drug-likeness (QED) is 0.357. The van der Waals surface area contributed by atoms with Gasteiger partial charge in [-0.2, -0.15) is 13.2 Å². The lowest BCUT2D eigenvalue weighted by atomic mass is 10.0. The Morgan fingerprint density at radius 1 is 1.03 bits per heavy atom. The number of carbonyl (C=O) groups excluding carboxylic acids is 1. The van der Waals surface area contributed by atoms with E-state index >= 15 is 0 Å². The lowest BCUT2D eigenvalue weighted by Gasteiger charge is -2.20. The van der Waals surface area contributed by atoms with Crippen LogP contribution in [-0.4, -0.2) is 41.4 Å². The Labute approximate surface area is 174 Å². The van der Waals surface area contributed by atoms with Crippen molar-refractivity contribution in [3.8, 4) is 11.4 Å². The first-order valence-electron chi connectivity index (χ1n) is 10.1. The van der Waals surface area contributed by atoms with Crippen molar-refractivity contribution >= 4 is 5.97 Å². The van der Waals surface area contributed by atoms with Crippen LogP contribution in [0.5, 0.6) is 0 Å². The van der Waals surface area contributed by atoms with Crippen molar-refractivity contribution in [2.24, 2.45) is 0 Å². The first-order valence-corrected chi connectivity index (χ1v) is 10.1. The maximum atomic E-state index is 13.0. The van der Waals surface area contributed by atoms with E-state index in [1.54, 1.807) is 6.92 Å². The average molecular weight is 424 g/mol. The van der Waals surface area contributed by atoms with Crippen LogP contribution < -0.4 is 0 Å². The molecule has 8 heteroatoms. The van der Waals surface area contributed by atoms with E-state index in [9.17, 15) is 18.0 Å². The zero-order valence-corrected chi connectivity index (χ0v) is 17.2. The van der Waals surface area contributed by atoms with E-state index in [2.05, 4.69) is 21.6 Å². The van der Waals surface area contributed by atoms with E-state index in [1.807, 2.05) is 24.3 Å². The number of ether oxygens (including phenoxy) is 2. The summed E-state index contributed by atoms with van der Waals surface area (Å²) in [5, 5.41) is 0. The Bertz CT molecular complexity index is 778. The number of halogens is 3. The van der Waals surface area contributed by atoms with Gasteiger partial charge in [0.15, 0.2) is 5.82 Å². The maximum Gasteiger partial charge on any atom is 0.427 e. The van der Waals surface area contributed by atoms with Gasteiger partial charge in [0.2, 0.25) is 6.10 Å². The van der Waals surface area contributed by atoms with Crippen LogP contribution in [0, 0.1) is 0 Å². The Hall–Kier alpha value is -2.48. The van der Waals surface area contributed by atoms with Crippen LogP contribution in [0.3, 0.4) is 0 Å². The molecular weight excluding hydrogens is 397 g/mol. The summed E-state index contributed by atoms with van der Waals surface area (Å²) in [6.45, 7) is 3.06. The normalized spacial score (nSPS) is 12.6. The third-order valence-electron chi connectivity index (χ3n) is 4.51. The molecule has 2 rings (SSSR count). The van der Waals surface area contributed by atoms with E-state index in [0.29, 0.717) is 5.82 Å². The van der Waals surface area contributed by atoms with Gasteiger partial charge in [-0.3, -0.25) is 0 Å². The Balaban J connectivity index is 1.99. The molecule has 0 bridgehead atoms. The van der Waals surface area contributed by atoms with Gasteiger partial charge in [0.25, 0.3) is 0 Å². The van der Waals surface area contributed by atoms with Gasteiger partial charge < -0.3 is 9.47 Å². The third-order valence-corrected chi connectivity index (χ3v) is 4.51. The topological polar surface area (TPSA) is 61.3 Å². The van der Waals surface area contributed by atoms with Gasteiger partial charge in [-0.15, -0.1) is 0 Å². The van der Waals surface area contributed by atoms with E-state index in [0.717, 1.165) is 30.8 Å². The monoisotopic (exact) mass is 424 g/mol. The van der Waals surface area contributed by atoms with Crippen molar-refractivity contribution in [1.29, 1.82) is 0 Å². The third kappa shape index (κ3) is 7.40. The Morgan fingerprint density at radius 2 is 1.70 bits per heavy atom. The zero-order valence-electron chi connectivity index (χ0n) is 17.2. The molecule has 0 saturated heterocycles. The minimum atomic E-state index is -4.72. The molecule has 30 heavy (non-hydrogen) atoms. The van der Waals surface area contributed by atoms with Gasteiger partial charge in [-0.1, -0.05) is 50.5 Å². The van der Waals surface area contributed by atoms with Crippen molar-refractivity contribution in [3.63, 3.8) is 0 Å². The molecule has 1 atom stereocenters. The summed E-state index contributed by atoms with van der Waals surface area (Å²) in [6, 6.07) is 7.80. The number of aryl methyl sites for hydroxylation is 1. The van der Waals surface area contributed by atoms with Crippen LogP contribution in [-0.2, 0) is 15.9 Å². The second kappa shape index (κ2) is 11.6. The second-order valence-corrected chi connectivity index (χ2v) is 6.90. The molecule has 1 aromatic heterocycles. The fraction of sp³-hybridized carbons (Fsp3) is 0.500. The molecule has 0 radical (unpaired) electrons. The highest BCUT2D eigenvalue weighted by Crippen LogP contribution is 2.24. The Morgan fingerprint density at radius 3 is 2.27 bits per heavy atom. The predicted molar refractivity (Wildman–Crippen MR) is 107 cm³/mol. The number of hydrogen-bond acceptors (Lipinski definition) is 5. The molecule has 0 amide bonds. The lowest BCUT2D eigenvalue weighted by Crippen LogP contribution is -2.37. The highest BCUT2D eigenvalue weighted by Gasteiger charge is 2.43. The summed E-state index contributed by atoms with van der Waals surface area (Å²) < 4.78 is 48.2. The molecule has 0 aliphatic heterocycles. The van der Waals surface area contributed by atoms with Crippen molar-refractivity contribution in [2.75, 3.05) is 13.2 Å². The van der Waals surface area contributed by atoms with Crippen LogP contribution in [0.25, 0.3) is 11.4 Å². The van der Waals surface area contributed by atoms with Crippen molar-refractivity contribution < 1.29 is 27.4 Å². The van der Waals surface area contributed by atoms with Crippen molar-refractivity contribution in [3.05, 3.63) is 47.8 Å². The number of benzene rings is 1. The number of nitrogens with zero attached hydrogens (tertiary/aromatic N) is 2. The van der Waals surface area contributed by atoms with Crippen LogP contribution in [0.1, 0.15) is 55.5 Å². The first kappa shape index (κ1) is 23.8. The molecule has 2 aromatic rings. The molecule has 0 aliphatic carbocycles. The summed E-state index contributed by atoms with van der Waals surface area (Å²) in [5.74, 6) is -0.767. The van der Waals surface area contributed by atoms with Crippen LogP contribution in [0.2, 0.25) is 0 Å². The fourth-order valence-corrected chi connectivity index (χ4v) is 2.78. The number of hydrogen-bond donors (Lipinski definition) is 0. The Kier molecular flexibility index (Phi) is 9.23. The molecule has 1 unspecified atom stereocenters. The molecule has 0 N–H and O–H groups in total. The first-order chi connectivity index (χ1) is 14.3. The summed E-state index contributed by atoms with van der Waals surface area (Å²) in [4.78, 5) is 20.2. The maximum absolute atomic E-state index is 13.0. The van der Waals surface area contributed by atoms with Gasteiger partial charge in [-0.05, 0) is 25.3 Å². The fourth-order valence-electron chi connectivity index (χ4n) is 2.78. The number of alkyl halides is 3. The number of rotatable bonds is 11. The van der Waals surface area contributed by atoms with Gasteiger partial charge in [-0.25, -0.2) is 14.8 Å². The van der Waals surface area contributed by atoms with E-state index < -0.39 is 24.9 Å². The molecule has 0 spiro atoms. The van der Waals surface area contributed by atoms with Crippen molar-refractivity contribution in [2.45, 2.75) is 58.2 Å². The summed E-state index contributed by atoms with van der Waals surface area (Å²) in [7, 11) is 0. The van der Waals surface area contributed by atoms with Crippen molar-refractivity contribution in [1.82, 2.24) is 9.97 Å². The highest BCUT2D eigenvalue weighted by molar-refractivity contribution is 5.89. The largest absolute Gasteiger partial charge is 0.446 e. The number of aromatic nitrogens is 2. The van der Waals surface area contributed by atoms with Gasteiger partial charge >= 0.3 is 12.1 Å². The van der Waals surface area contributed by atoms with Crippen LogP contribution >= 0.6 is 0 Å². The SMILES string of the molecule is CCCCCCc1ccc(-c2ncc(C(=O)OC(COCC)C(F)(F)F)cn2)cc1. The number of unbranched alkanes of at least 4 members (excludes halogenated alkanes) is 3. The molecular formula is C22H27F3N2O3. The second-order valence-electron chi connectivity index (χ2n) is 6.90. The number of carbonyl (C=O) groups is 1. The molecule has 5 nitrogen and oxygen atoms in total.